The Hall–Kier alpha value is -1.60. The zero-order valence-electron chi connectivity index (χ0n) is 13.6. The molecule has 0 aromatic rings. The average Bonchev–Trinajstić information content (AvgIpc) is 2.34. The molecule has 0 aromatic carbocycles. The number of carbonyl (C=O) groups excluding carboxylic acids is 1. The van der Waals surface area contributed by atoms with Gasteiger partial charge in [-0.25, -0.2) is 5.84 Å². The predicted octanol–water partition coefficient (Wildman–Crippen LogP) is 3.18. The van der Waals surface area contributed by atoms with E-state index in [1.807, 2.05) is 26.8 Å². The molecule has 0 spiro atoms. The molecule has 0 aromatic heterocycles. The van der Waals surface area contributed by atoms with Gasteiger partial charge in [-0.15, -0.1) is 0 Å². The van der Waals surface area contributed by atoms with Crippen molar-refractivity contribution in [2.24, 2.45) is 17.2 Å². The molecule has 2 N–H and O–H groups in total. The van der Waals surface area contributed by atoms with Crippen molar-refractivity contribution < 1.29 is 4.79 Å². The van der Waals surface area contributed by atoms with Crippen LogP contribution >= 0.6 is 0 Å². The van der Waals surface area contributed by atoms with E-state index >= 15 is 0 Å². The first-order chi connectivity index (χ1) is 9.02. The maximum absolute atomic E-state index is 12.2. The molecule has 4 heteroatoms. The second-order valence-electron chi connectivity index (χ2n) is 6.52. The van der Waals surface area contributed by atoms with Crippen LogP contribution in [0.2, 0.25) is 0 Å². The van der Waals surface area contributed by atoms with E-state index in [2.05, 4.69) is 20.4 Å². The van der Waals surface area contributed by atoms with Crippen molar-refractivity contribution >= 4 is 5.91 Å². The van der Waals surface area contributed by atoms with Crippen LogP contribution in [0.1, 0.15) is 48.0 Å². The Morgan fingerprint density at radius 1 is 1.40 bits per heavy atom. The fourth-order valence-corrected chi connectivity index (χ4v) is 1.65. The third kappa shape index (κ3) is 5.18. The Morgan fingerprint density at radius 2 is 1.90 bits per heavy atom. The highest BCUT2D eigenvalue weighted by Crippen LogP contribution is 2.31. The van der Waals surface area contributed by atoms with Gasteiger partial charge in [-0.2, -0.15) is 5.26 Å². The number of nitrogens with two attached hydrogens (primary N) is 1. The molecule has 0 atom stereocenters. The van der Waals surface area contributed by atoms with E-state index in [4.69, 9.17) is 5.84 Å². The summed E-state index contributed by atoms with van der Waals surface area (Å²) in [7, 11) is 0. The van der Waals surface area contributed by atoms with Gasteiger partial charge in [-0.05, 0) is 35.8 Å². The molecule has 0 bridgehead atoms. The van der Waals surface area contributed by atoms with Gasteiger partial charge < -0.3 is 0 Å². The van der Waals surface area contributed by atoms with Gasteiger partial charge in [0.05, 0.1) is 0 Å². The Bertz CT molecular complexity index is 447. The molecule has 0 unspecified atom stereocenters. The summed E-state index contributed by atoms with van der Waals surface area (Å²) in [5.74, 6) is 5.78. The van der Waals surface area contributed by atoms with Crippen LogP contribution in [0.5, 0.6) is 0 Å². The molecule has 0 radical (unpaired) electrons. The fourth-order valence-electron chi connectivity index (χ4n) is 1.65. The third-order valence-corrected chi connectivity index (χ3v) is 3.27. The molecule has 0 saturated carbocycles. The molecule has 0 saturated heterocycles. The zero-order valence-corrected chi connectivity index (χ0v) is 13.6. The smallest absolute Gasteiger partial charge is 0.276 e. The Labute approximate surface area is 122 Å². The molecule has 0 heterocycles. The van der Waals surface area contributed by atoms with Crippen molar-refractivity contribution in [3.63, 3.8) is 0 Å². The molecule has 112 valence electrons. The quantitative estimate of drug-likeness (QED) is 0.209. The lowest BCUT2D eigenvalue weighted by Gasteiger charge is -2.24. The predicted molar refractivity (Wildman–Crippen MR) is 82.3 cm³/mol. The molecule has 0 fully saturated rings. The largest absolute Gasteiger partial charge is 0.278 e. The van der Waals surface area contributed by atoms with Gasteiger partial charge in [0.1, 0.15) is 11.6 Å². The van der Waals surface area contributed by atoms with Gasteiger partial charge in [0.25, 0.3) is 5.91 Å². The normalized spacial score (nSPS) is 12.8. The first kappa shape index (κ1) is 18.4. The van der Waals surface area contributed by atoms with Crippen molar-refractivity contribution in [3.05, 3.63) is 23.3 Å². The molecule has 1 amide bonds. The first-order valence-corrected chi connectivity index (χ1v) is 6.89. The van der Waals surface area contributed by atoms with E-state index in [1.54, 1.807) is 6.92 Å². The van der Waals surface area contributed by atoms with E-state index in [-0.39, 0.29) is 11.0 Å². The van der Waals surface area contributed by atoms with Crippen LogP contribution in [0.4, 0.5) is 0 Å². The van der Waals surface area contributed by atoms with Crippen LogP contribution in [0.15, 0.2) is 23.3 Å². The minimum atomic E-state index is -0.434. The maximum Gasteiger partial charge on any atom is 0.278 e. The molecular weight excluding hydrogens is 250 g/mol. The highest BCUT2D eigenvalue weighted by Gasteiger charge is 2.23. The summed E-state index contributed by atoms with van der Waals surface area (Å²) in [6, 6.07) is 1.97. The topological polar surface area (TPSA) is 70.1 Å². The molecule has 0 rings (SSSR count). The Balaban J connectivity index is 5.23. The van der Waals surface area contributed by atoms with E-state index in [9.17, 15) is 10.1 Å². The number of nitriles is 1. The van der Waals surface area contributed by atoms with Gasteiger partial charge in [-0.1, -0.05) is 41.2 Å². The lowest BCUT2D eigenvalue weighted by Crippen LogP contribution is -2.39. The second-order valence-corrected chi connectivity index (χ2v) is 6.52. The molecule has 0 aliphatic heterocycles. The van der Waals surface area contributed by atoms with Crippen molar-refractivity contribution in [2.45, 2.75) is 48.0 Å². The highest BCUT2D eigenvalue weighted by molar-refractivity contribution is 5.98. The lowest BCUT2D eigenvalue weighted by atomic mass is 9.82. The van der Waals surface area contributed by atoms with Gasteiger partial charge in [-0.3, -0.25) is 9.80 Å². The van der Waals surface area contributed by atoms with Crippen molar-refractivity contribution in [3.8, 4) is 6.07 Å². The van der Waals surface area contributed by atoms with Gasteiger partial charge >= 0.3 is 0 Å². The maximum atomic E-state index is 12.2. The number of amides is 1. The summed E-state index contributed by atoms with van der Waals surface area (Å²) in [4.78, 5) is 12.2. The fraction of sp³-hybridized carbons (Fsp3) is 0.625. The van der Waals surface area contributed by atoms with Crippen molar-refractivity contribution in [1.82, 2.24) is 5.01 Å². The summed E-state index contributed by atoms with van der Waals surface area (Å²) in [5, 5.41) is 10.4. The van der Waals surface area contributed by atoms with Crippen molar-refractivity contribution in [1.29, 1.82) is 5.26 Å². The molecular formula is C16H27N3O. The summed E-state index contributed by atoms with van der Waals surface area (Å²) >= 11 is 0. The highest BCUT2D eigenvalue weighted by atomic mass is 16.2. The van der Waals surface area contributed by atoms with E-state index in [0.717, 1.165) is 17.0 Å². The number of allylic oxidation sites excluding steroid dienone is 2. The number of hydrazine groups is 1. The second kappa shape index (κ2) is 7.25. The molecule has 0 aliphatic carbocycles. The van der Waals surface area contributed by atoms with Crippen LogP contribution in [-0.2, 0) is 4.79 Å². The number of carbonyl (C=O) groups is 1. The molecule has 0 aliphatic rings. The third-order valence-electron chi connectivity index (χ3n) is 3.27. The van der Waals surface area contributed by atoms with E-state index < -0.39 is 5.91 Å². The van der Waals surface area contributed by atoms with E-state index in [1.165, 1.54) is 0 Å². The Kier molecular flexibility index (Phi) is 6.67. The van der Waals surface area contributed by atoms with Crippen molar-refractivity contribution in [2.75, 3.05) is 6.54 Å². The first-order valence-electron chi connectivity index (χ1n) is 6.89. The minimum Gasteiger partial charge on any atom is -0.276 e. The summed E-state index contributed by atoms with van der Waals surface area (Å²) in [6.45, 7) is 16.3. The standard InChI is InChI=1S/C16H27N3O/c1-11(2)8-9-19(18)15(20)14(10-17)12(3)13(4)16(5,6)7/h11H,4,8-9,18H2,1-3,5-7H3/b14-12-. The number of nitrogens with zero attached hydrogens (tertiary/aromatic N) is 2. The number of rotatable bonds is 5. The lowest BCUT2D eigenvalue weighted by molar-refractivity contribution is -0.127. The monoisotopic (exact) mass is 277 g/mol. The van der Waals surface area contributed by atoms with Crippen LogP contribution in [0.3, 0.4) is 0 Å². The molecule has 4 nitrogen and oxygen atoms in total. The van der Waals surface area contributed by atoms with Gasteiger partial charge in [0.15, 0.2) is 0 Å². The van der Waals surface area contributed by atoms with Gasteiger partial charge in [0.2, 0.25) is 0 Å². The SMILES string of the molecule is C=C(/C(C)=C(/C#N)C(=O)N(N)CCC(C)C)C(C)(C)C. The van der Waals surface area contributed by atoms with Gasteiger partial charge in [0, 0.05) is 6.54 Å². The van der Waals surface area contributed by atoms with Crippen LogP contribution in [0, 0.1) is 22.7 Å². The number of hydrogen-bond donors (Lipinski definition) is 1. The van der Waals surface area contributed by atoms with Crippen LogP contribution in [-0.4, -0.2) is 17.5 Å². The summed E-state index contributed by atoms with van der Waals surface area (Å²) in [6.07, 6.45) is 0.806. The summed E-state index contributed by atoms with van der Waals surface area (Å²) in [5.41, 5.74) is 1.28. The zero-order chi connectivity index (χ0) is 16.1. The van der Waals surface area contributed by atoms with Crippen LogP contribution < -0.4 is 5.84 Å². The Morgan fingerprint density at radius 3 is 2.25 bits per heavy atom. The summed E-state index contributed by atoms with van der Waals surface area (Å²) < 4.78 is 0. The van der Waals surface area contributed by atoms with E-state index in [0.29, 0.717) is 18.0 Å². The molecule has 20 heavy (non-hydrogen) atoms. The average molecular weight is 277 g/mol. The number of hydrogen-bond acceptors (Lipinski definition) is 3. The van der Waals surface area contributed by atoms with Crippen LogP contribution in [0.25, 0.3) is 0 Å². The minimum absolute atomic E-state index is 0.0798.